The van der Waals surface area contributed by atoms with Crippen LogP contribution in [0.15, 0.2) is 41.8 Å². The Kier molecular flexibility index (Phi) is 4.07. The van der Waals surface area contributed by atoms with Crippen LogP contribution in [-0.2, 0) is 6.61 Å². The summed E-state index contributed by atoms with van der Waals surface area (Å²) >= 11 is 0. The van der Waals surface area contributed by atoms with Gasteiger partial charge in [-0.2, -0.15) is 0 Å². The van der Waals surface area contributed by atoms with Gasteiger partial charge in [0.15, 0.2) is 5.82 Å². The second kappa shape index (κ2) is 5.95. The van der Waals surface area contributed by atoms with Crippen LogP contribution in [0.3, 0.4) is 0 Å². The summed E-state index contributed by atoms with van der Waals surface area (Å²) in [5.74, 6) is 1.25. The fourth-order valence-corrected chi connectivity index (χ4v) is 1.65. The molecule has 0 spiro atoms. The normalized spacial score (nSPS) is 11.4. The second-order valence-electron chi connectivity index (χ2n) is 4.14. The van der Waals surface area contributed by atoms with Gasteiger partial charge in [-0.05, 0) is 32.0 Å². The molecule has 5 nitrogen and oxygen atoms in total. The molecule has 1 aromatic carbocycles. The minimum absolute atomic E-state index is 0.273. The molecule has 0 saturated heterocycles. The molecule has 0 aliphatic heterocycles. The van der Waals surface area contributed by atoms with E-state index in [0.717, 1.165) is 11.1 Å². The molecule has 5 heteroatoms. The average Bonchev–Trinajstić information content (AvgIpc) is 2.46. The third-order valence-corrected chi connectivity index (χ3v) is 2.65. The van der Waals surface area contributed by atoms with Crippen molar-refractivity contribution in [3.8, 4) is 5.75 Å². The molecule has 0 bridgehead atoms. The maximum absolute atomic E-state index is 8.90. The van der Waals surface area contributed by atoms with E-state index in [4.69, 9.17) is 9.94 Å². The largest absolute Gasteiger partial charge is 0.485 e. The van der Waals surface area contributed by atoms with Gasteiger partial charge in [0.1, 0.15) is 12.4 Å². The zero-order valence-corrected chi connectivity index (χ0v) is 10.9. The Bertz CT molecular complexity index is 582. The molecule has 1 aromatic heterocycles. The summed E-state index contributed by atoms with van der Waals surface area (Å²) in [6, 6.07) is 7.46. The first-order chi connectivity index (χ1) is 9.20. The van der Waals surface area contributed by atoms with Crippen molar-refractivity contribution in [3.05, 3.63) is 53.6 Å². The van der Waals surface area contributed by atoms with Gasteiger partial charge in [-0.1, -0.05) is 16.8 Å². The first kappa shape index (κ1) is 13.0. The van der Waals surface area contributed by atoms with E-state index in [1.807, 2.05) is 25.1 Å². The topological polar surface area (TPSA) is 67.6 Å². The molecule has 98 valence electrons. The van der Waals surface area contributed by atoms with Gasteiger partial charge < -0.3 is 9.94 Å². The van der Waals surface area contributed by atoms with E-state index in [1.165, 1.54) is 0 Å². The van der Waals surface area contributed by atoms with Gasteiger partial charge in [0.2, 0.25) is 0 Å². The highest BCUT2D eigenvalue weighted by Gasteiger charge is 2.08. The number of hydrogen-bond acceptors (Lipinski definition) is 5. The van der Waals surface area contributed by atoms with Crippen LogP contribution in [0.25, 0.3) is 0 Å². The molecule has 19 heavy (non-hydrogen) atoms. The van der Waals surface area contributed by atoms with Crippen molar-refractivity contribution in [1.29, 1.82) is 0 Å². The molecule has 0 amide bonds. The Morgan fingerprint density at radius 3 is 2.74 bits per heavy atom. The van der Waals surface area contributed by atoms with E-state index >= 15 is 0 Å². The minimum atomic E-state index is 0.273. The number of benzene rings is 1. The smallest absolute Gasteiger partial charge is 0.166 e. The van der Waals surface area contributed by atoms with E-state index in [1.54, 1.807) is 25.4 Å². The fraction of sp³-hybridized carbons (Fsp3) is 0.214. The molecular formula is C14H15N3O2. The minimum Gasteiger partial charge on any atom is -0.485 e. The first-order valence-electron chi connectivity index (χ1n) is 5.89. The highest BCUT2D eigenvalue weighted by Crippen LogP contribution is 2.21. The highest BCUT2D eigenvalue weighted by molar-refractivity contribution is 6.00. The summed E-state index contributed by atoms with van der Waals surface area (Å²) in [7, 11) is 0. The number of oxime groups is 1. The van der Waals surface area contributed by atoms with Gasteiger partial charge in [-0.15, -0.1) is 0 Å². The SMILES string of the molecule is CC(=NO)c1cc(C)ccc1OCc1ncccn1. The Morgan fingerprint density at radius 1 is 1.32 bits per heavy atom. The number of hydrogen-bond donors (Lipinski definition) is 1. The lowest BCUT2D eigenvalue weighted by atomic mass is 10.1. The van der Waals surface area contributed by atoms with E-state index in [0.29, 0.717) is 17.3 Å². The predicted molar refractivity (Wildman–Crippen MR) is 71.5 cm³/mol. The van der Waals surface area contributed by atoms with Gasteiger partial charge in [0, 0.05) is 18.0 Å². The van der Waals surface area contributed by atoms with Crippen molar-refractivity contribution in [3.63, 3.8) is 0 Å². The van der Waals surface area contributed by atoms with Crippen LogP contribution in [-0.4, -0.2) is 20.9 Å². The third kappa shape index (κ3) is 3.28. The lowest BCUT2D eigenvalue weighted by Crippen LogP contribution is -2.05. The van der Waals surface area contributed by atoms with Crippen LogP contribution < -0.4 is 4.74 Å². The summed E-state index contributed by atoms with van der Waals surface area (Å²) in [5.41, 5.74) is 2.34. The van der Waals surface area contributed by atoms with Crippen molar-refractivity contribution < 1.29 is 9.94 Å². The van der Waals surface area contributed by atoms with Gasteiger partial charge in [-0.3, -0.25) is 0 Å². The summed E-state index contributed by atoms with van der Waals surface area (Å²) in [4.78, 5) is 8.18. The molecule has 0 unspecified atom stereocenters. The lowest BCUT2D eigenvalue weighted by molar-refractivity contribution is 0.294. The van der Waals surface area contributed by atoms with Crippen LogP contribution in [0.2, 0.25) is 0 Å². The molecule has 1 N–H and O–H groups in total. The molecule has 0 fully saturated rings. The second-order valence-corrected chi connectivity index (χ2v) is 4.14. The fourth-order valence-electron chi connectivity index (χ4n) is 1.65. The molecule has 2 aromatic rings. The van der Waals surface area contributed by atoms with E-state index in [2.05, 4.69) is 15.1 Å². The molecule has 0 aliphatic carbocycles. The monoisotopic (exact) mass is 257 g/mol. The van der Waals surface area contributed by atoms with Gasteiger partial charge in [0.25, 0.3) is 0 Å². The number of aryl methyl sites for hydroxylation is 1. The van der Waals surface area contributed by atoms with Crippen LogP contribution >= 0.6 is 0 Å². The molecule has 0 radical (unpaired) electrons. The zero-order chi connectivity index (χ0) is 13.7. The van der Waals surface area contributed by atoms with E-state index in [-0.39, 0.29) is 6.61 Å². The summed E-state index contributed by atoms with van der Waals surface area (Å²) < 4.78 is 5.68. The van der Waals surface area contributed by atoms with E-state index in [9.17, 15) is 0 Å². The maximum Gasteiger partial charge on any atom is 0.166 e. The molecule has 0 atom stereocenters. The lowest BCUT2D eigenvalue weighted by Gasteiger charge is -2.11. The summed E-state index contributed by atoms with van der Waals surface area (Å²) in [6.45, 7) is 3.97. The number of ether oxygens (including phenoxy) is 1. The Hall–Kier alpha value is -2.43. The van der Waals surface area contributed by atoms with Crippen LogP contribution in [0.1, 0.15) is 23.9 Å². The maximum atomic E-state index is 8.90. The molecule has 0 saturated carbocycles. The standard InChI is InChI=1S/C14H15N3O2/c1-10-4-5-13(12(8-10)11(2)17-18)19-9-14-15-6-3-7-16-14/h3-8,18H,9H2,1-2H3. The summed E-state index contributed by atoms with van der Waals surface area (Å²) in [5, 5.41) is 12.1. The number of nitrogens with zero attached hydrogens (tertiary/aromatic N) is 3. The van der Waals surface area contributed by atoms with Crippen molar-refractivity contribution in [2.24, 2.45) is 5.16 Å². The van der Waals surface area contributed by atoms with Crippen molar-refractivity contribution in [1.82, 2.24) is 9.97 Å². The van der Waals surface area contributed by atoms with Crippen LogP contribution in [0.5, 0.6) is 5.75 Å². The van der Waals surface area contributed by atoms with Crippen molar-refractivity contribution in [2.75, 3.05) is 0 Å². The van der Waals surface area contributed by atoms with Crippen LogP contribution in [0, 0.1) is 6.92 Å². The Morgan fingerprint density at radius 2 is 2.05 bits per heavy atom. The van der Waals surface area contributed by atoms with Gasteiger partial charge in [0.05, 0.1) is 5.71 Å². The predicted octanol–water partition coefficient (Wildman–Crippen LogP) is 2.56. The van der Waals surface area contributed by atoms with Crippen LogP contribution in [0.4, 0.5) is 0 Å². The summed E-state index contributed by atoms with van der Waals surface area (Å²) in [6.07, 6.45) is 3.34. The number of rotatable bonds is 4. The van der Waals surface area contributed by atoms with E-state index < -0.39 is 0 Å². The Labute approximate surface area is 111 Å². The average molecular weight is 257 g/mol. The molecule has 2 rings (SSSR count). The quantitative estimate of drug-likeness (QED) is 0.519. The van der Waals surface area contributed by atoms with Crippen molar-refractivity contribution in [2.45, 2.75) is 20.5 Å². The Balaban J connectivity index is 2.20. The molecule has 1 heterocycles. The van der Waals surface area contributed by atoms with Gasteiger partial charge >= 0.3 is 0 Å². The number of aromatic nitrogens is 2. The zero-order valence-electron chi connectivity index (χ0n) is 10.9. The highest BCUT2D eigenvalue weighted by atomic mass is 16.5. The molecule has 0 aliphatic rings. The third-order valence-electron chi connectivity index (χ3n) is 2.65. The van der Waals surface area contributed by atoms with Crippen molar-refractivity contribution >= 4 is 5.71 Å². The first-order valence-corrected chi connectivity index (χ1v) is 5.89. The van der Waals surface area contributed by atoms with Gasteiger partial charge in [-0.25, -0.2) is 9.97 Å². The molecular weight excluding hydrogens is 242 g/mol.